The molecule has 20 heavy (non-hydrogen) atoms. The summed E-state index contributed by atoms with van der Waals surface area (Å²) in [6, 6.07) is 0. The zero-order valence-electron chi connectivity index (χ0n) is 12.8. The lowest BCUT2D eigenvalue weighted by Gasteiger charge is -2.29. The highest BCUT2D eigenvalue weighted by molar-refractivity contribution is 5.82. The van der Waals surface area contributed by atoms with E-state index in [1.807, 2.05) is 0 Å². The number of rotatable bonds is 9. The molecule has 0 aromatic rings. The number of nitrogens with one attached hydrogen (secondary N) is 1. The molecule has 118 valence electrons. The van der Waals surface area contributed by atoms with Gasteiger partial charge in [-0.1, -0.05) is 25.7 Å². The standard InChI is InChI=1S/C15H30N2O3/c1-19-11-12-20-10-6-9-17-14(18)15(13-16)7-4-2-3-5-8-15/h2-13,16H2,1H3,(H,17,18). The molecule has 0 radical (unpaired) electrons. The van der Waals surface area contributed by atoms with Crippen LogP contribution in [0.2, 0.25) is 0 Å². The van der Waals surface area contributed by atoms with Crippen LogP contribution in [-0.2, 0) is 14.3 Å². The smallest absolute Gasteiger partial charge is 0.227 e. The van der Waals surface area contributed by atoms with Crippen molar-refractivity contribution in [1.82, 2.24) is 5.32 Å². The Labute approximate surface area is 122 Å². The summed E-state index contributed by atoms with van der Waals surface area (Å²) in [6.45, 7) is 3.00. The Morgan fingerprint density at radius 1 is 1.15 bits per heavy atom. The Bertz CT molecular complexity index is 264. The third-order valence-electron chi connectivity index (χ3n) is 4.12. The molecule has 1 saturated carbocycles. The SMILES string of the molecule is COCCOCCCNC(=O)C1(CN)CCCCCC1. The van der Waals surface area contributed by atoms with E-state index in [0.29, 0.717) is 32.9 Å². The van der Waals surface area contributed by atoms with Crippen molar-refractivity contribution < 1.29 is 14.3 Å². The average molecular weight is 286 g/mol. The van der Waals surface area contributed by atoms with Crippen molar-refractivity contribution in [3.63, 3.8) is 0 Å². The summed E-state index contributed by atoms with van der Waals surface area (Å²) in [5.74, 6) is 0.138. The second-order valence-electron chi connectivity index (χ2n) is 5.61. The van der Waals surface area contributed by atoms with Gasteiger partial charge in [-0.15, -0.1) is 0 Å². The van der Waals surface area contributed by atoms with E-state index in [-0.39, 0.29) is 11.3 Å². The molecule has 3 N–H and O–H groups in total. The van der Waals surface area contributed by atoms with Gasteiger partial charge >= 0.3 is 0 Å². The highest BCUT2D eigenvalue weighted by atomic mass is 16.5. The molecule has 0 aliphatic heterocycles. The molecule has 1 aliphatic carbocycles. The van der Waals surface area contributed by atoms with E-state index in [1.165, 1.54) is 12.8 Å². The van der Waals surface area contributed by atoms with Crippen molar-refractivity contribution in [2.75, 3.05) is 40.0 Å². The first kappa shape index (κ1) is 17.4. The molecule has 5 nitrogen and oxygen atoms in total. The molecule has 0 unspecified atom stereocenters. The zero-order chi connectivity index (χ0) is 14.7. The second kappa shape index (κ2) is 10.1. The van der Waals surface area contributed by atoms with Gasteiger partial charge in [0.15, 0.2) is 0 Å². The van der Waals surface area contributed by atoms with Crippen LogP contribution < -0.4 is 11.1 Å². The van der Waals surface area contributed by atoms with E-state index in [4.69, 9.17) is 15.2 Å². The normalized spacial score (nSPS) is 18.5. The van der Waals surface area contributed by atoms with Gasteiger partial charge in [0.25, 0.3) is 0 Å². The van der Waals surface area contributed by atoms with Gasteiger partial charge in [0.2, 0.25) is 5.91 Å². The van der Waals surface area contributed by atoms with Gasteiger partial charge in [0.05, 0.1) is 18.6 Å². The van der Waals surface area contributed by atoms with E-state index in [2.05, 4.69) is 5.32 Å². The highest BCUT2D eigenvalue weighted by Gasteiger charge is 2.36. The molecular formula is C15H30N2O3. The Hall–Kier alpha value is -0.650. The summed E-state index contributed by atoms with van der Waals surface area (Å²) in [5.41, 5.74) is 5.57. The van der Waals surface area contributed by atoms with E-state index in [0.717, 1.165) is 32.1 Å². The van der Waals surface area contributed by atoms with Gasteiger partial charge in [-0.25, -0.2) is 0 Å². The molecule has 1 aliphatic rings. The van der Waals surface area contributed by atoms with Crippen molar-refractivity contribution in [1.29, 1.82) is 0 Å². The lowest BCUT2D eigenvalue weighted by Crippen LogP contribution is -2.46. The van der Waals surface area contributed by atoms with Crippen molar-refractivity contribution >= 4 is 5.91 Å². The Balaban J connectivity index is 2.22. The minimum Gasteiger partial charge on any atom is -0.382 e. The molecule has 1 rings (SSSR count). The van der Waals surface area contributed by atoms with Gasteiger partial charge in [0.1, 0.15) is 0 Å². The number of amides is 1. The minimum atomic E-state index is -0.326. The number of ether oxygens (including phenoxy) is 2. The average Bonchev–Trinajstić information content (AvgIpc) is 2.72. The summed E-state index contributed by atoms with van der Waals surface area (Å²) in [7, 11) is 1.66. The third kappa shape index (κ3) is 5.77. The summed E-state index contributed by atoms with van der Waals surface area (Å²) >= 11 is 0. The molecular weight excluding hydrogens is 256 g/mol. The molecule has 0 heterocycles. The van der Waals surface area contributed by atoms with E-state index < -0.39 is 0 Å². The van der Waals surface area contributed by atoms with Crippen LogP contribution in [0.25, 0.3) is 0 Å². The molecule has 1 fully saturated rings. The maximum Gasteiger partial charge on any atom is 0.227 e. The van der Waals surface area contributed by atoms with Gasteiger partial charge in [-0.05, 0) is 19.3 Å². The Morgan fingerprint density at radius 2 is 1.85 bits per heavy atom. The fraction of sp³-hybridized carbons (Fsp3) is 0.933. The fourth-order valence-electron chi connectivity index (χ4n) is 2.74. The quantitative estimate of drug-likeness (QED) is 0.497. The Kier molecular flexibility index (Phi) is 8.82. The van der Waals surface area contributed by atoms with Gasteiger partial charge < -0.3 is 20.5 Å². The predicted octanol–water partition coefficient (Wildman–Crippen LogP) is 1.46. The molecule has 0 saturated heterocycles. The fourth-order valence-corrected chi connectivity index (χ4v) is 2.74. The number of carbonyl (C=O) groups excluding carboxylic acids is 1. The molecule has 1 amide bonds. The Morgan fingerprint density at radius 3 is 2.45 bits per heavy atom. The monoisotopic (exact) mass is 286 g/mol. The summed E-state index contributed by atoms with van der Waals surface area (Å²) < 4.78 is 10.3. The third-order valence-corrected chi connectivity index (χ3v) is 4.12. The van der Waals surface area contributed by atoms with Crippen molar-refractivity contribution in [3.8, 4) is 0 Å². The van der Waals surface area contributed by atoms with Crippen molar-refractivity contribution in [2.45, 2.75) is 44.9 Å². The maximum atomic E-state index is 12.4. The van der Waals surface area contributed by atoms with Gasteiger partial charge in [0, 0.05) is 26.8 Å². The number of carbonyl (C=O) groups is 1. The number of hydrogen-bond acceptors (Lipinski definition) is 4. The molecule has 0 spiro atoms. The first-order valence-electron chi connectivity index (χ1n) is 7.80. The second-order valence-corrected chi connectivity index (χ2v) is 5.61. The van der Waals surface area contributed by atoms with Gasteiger partial charge in [-0.2, -0.15) is 0 Å². The lowest BCUT2D eigenvalue weighted by molar-refractivity contribution is -0.131. The molecule has 5 heteroatoms. The highest BCUT2D eigenvalue weighted by Crippen LogP contribution is 2.34. The lowest BCUT2D eigenvalue weighted by atomic mass is 9.79. The largest absolute Gasteiger partial charge is 0.382 e. The van der Waals surface area contributed by atoms with E-state index >= 15 is 0 Å². The number of hydrogen-bond donors (Lipinski definition) is 2. The molecule has 0 bridgehead atoms. The number of methoxy groups -OCH3 is 1. The zero-order valence-corrected chi connectivity index (χ0v) is 12.8. The summed E-state index contributed by atoms with van der Waals surface area (Å²) in [5, 5.41) is 3.03. The van der Waals surface area contributed by atoms with Gasteiger partial charge in [-0.3, -0.25) is 4.79 Å². The minimum absolute atomic E-state index is 0.138. The maximum absolute atomic E-state index is 12.4. The molecule has 0 atom stereocenters. The van der Waals surface area contributed by atoms with E-state index in [1.54, 1.807) is 7.11 Å². The van der Waals surface area contributed by atoms with Crippen LogP contribution in [0.3, 0.4) is 0 Å². The summed E-state index contributed by atoms with van der Waals surface area (Å²) in [4.78, 5) is 12.4. The summed E-state index contributed by atoms with van der Waals surface area (Å²) in [6.07, 6.45) is 7.37. The van der Waals surface area contributed by atoms with Crippen molar-refractivity contribution in [3.05, 3.63) is 0 Å². The van der Waals surface area contributed by atoms with Crippen LogP contribution in [0, 0.1) is 5.41 Å². The van der Waals surface area contributed by atoms with Crippen LogP contribution in [0.4, 0.5) is 0 Å². The predicted molar refractivity (Wildman–Crippen MR) is 79.5 cm³/mol. The van der Waals surface area contributed by atoms with Crippen LogP contribution in [0.15, 0.2) is 0 Å². The molecule has 0 aromatic heterocycles. The van der Waals surface area contributed by atoms with Crippen LogP contribution >= 0.6 is 0 Å². The first-order chi connectivity index (χ1) is 9.75. The first-order valence-corrected chi connectivity index (χ1v) is 7.80. The topological polar surface area (TPSA) is 73.6 Å². The van der Waals surface area contributed by atoms with E-state index in [9.17, 15) is 4.79 Å². The van der Waals surface area contributed by atoms with Crippen LogP contribution in [0.1, 0.15) is 44.9 Å². The van der Waals surface area contributed by atoms with Crippen LogP contribution in [0.5, 0.6) is 0 Å². The number of nitrogens with two attached hydrogens (primary N) is 1. The van der Waals surface area contributed by atoms with Crippen LogP contribution in [-0.4, -0.2) is 45.9 Å². The van der Waals surface area contributed by atoms with Crippen molar-refractivity contribution in [2.24, 2.45) is 11.1 Å². The molecule has 0 aromatic carbocycles.